The third-order valence-electron chi connectivity index (χ3n) is 6.18. The average Bonchev–Trinajstić information content (AvgIpc) is 2.95. The Balaban J connectivity index is 1.66. The van der Waals surface area contributed by atoms with Gasteiger partial charge in [-0.2, -0.15) is 0 Å². The van der Waals surface area contributed by atoms with E-state index >= 15 is 0 Å². The smallest absolute Gasteiger partial charge is 0.0101 e. The average molecular weight is 306 g/mol. The van der Waals surface area contributed by atoms with Gasteiger partial charge in [-0.05, 0) is 62.6 Å². The fourth-order valence-corrected chi connectivity index (χ4v) is 5.11. The maximum atomic E-state index is 2.48. The van der Waals surface area contributed by atoms with Crippen molar-refractivity contribution in [1.82, 2.24) is 0 Å². The zero-order valence-electron chi connectivity index (χ0n) is 13.5. The summed E-state index contributed by atoms with van der Waals surface area (Å²) in [6.07, 6.45) is 2.49. The molecule has 0 amide bonds. The fourth-order valence-electron chi connectivity index (χ4n) is 5.11. The Bertz CT molecular complexity index is 1120. The van der Waals surface area contributed by atoms with Crippen molar-refractivity contribution in [3.05, 3.63) is 95.1 Å². The largest absolute Gasteiger partial charge is 0.0620 e. The molecule has 0 fully saturated rings. The van der Waals surface area contributed by atoms with Crippen LogP contribution < -0.4 is 0 Å². The summed E-state index contributed by atoms with van der Waals surface area (Å²) in [6, 6.07) is 27.4. The van der Waals surface area contributed by atoms with E-state index in [1.54, 1.807) is 22.3 Å². The van der Waals surface area contributed by atoms with Crippen molar-refractivity contribution in [3.63, 3.8) is 0 Å². The van der Waals surface area contributed by atoms with Crippen LogP contribution in [0.25, 0.3) is 21.5 Å². The molecule has 0 heterocycles. The summed E-state index contributed by atoms with van der Waals surface area (Å²) in [4.78, 5) is 0. The molecule has 2 aliphatic rings. The lowest BCUT2D eigenvalue weighted by Crippen LogP contribution is -2.10. The molecule has 6 rings (SSSR count). The highest BCUT2D eigenvalue weighted by Gasteiger charge is 2.37. The zero-order valence-corrected chi connectivity index (χ0v) is 13.5. The van der Waals surface area contributed by atoms with Gasteiger partial charge in [-0.1, -0.05) is 72.8 Å². The topological polar surface area (TPSA) is 0 Å². The summed E-state index contributed by atoms with van der Waals surface area (Å²) in [5, 5.41) is 5.52. The molecule has 2 bridgehead atoms. The highest BCUT2D eigenvalue weighted by atomic mass is 14.4. The van der Waals surface area contributed by atoms with E-state index in [9.17, 15) is 0 Å². The molecule has 114 valence electrons. The van der Waals surface area contributed by atoms with Gasteiger partial charge in [0.25, 0.3) is 0 Å². The maximum Gasteiger partial charge on any atom is 0.0101 e. The Hall–Kier alpha value is -2.60. The van der Waals surface area contributed by atoms with Crippen molar-refractivity contribution in [3.8, 4) is 0 Å². The van der Waals surface area contributed by atoms with E-state index in [-0.39, 0.29) is 0 Å². The van der Waals surface area contributed by atoms with Crippen LogP contribution in [0.15, 0.2) is 72.8 Å². The van der Waals surface area contributed by atoms with Gasteiger partial charge in [0, 0.05) is 5.92 Å². The lowest BCUT2D eigenvalue weighted by atomic mass is 9.79. The van der Waals surface area contributed by atoms with Crippen LogP contribution in [-0.2, 0) is 6.42 Å². The summed E-state index contributed by atoms with van der Waals surface area (Å²) in [5.41, 5.74) is 6.30. The molecule has 4 aromatic rings. The van der Waals surface area contributed by atoms with Crippen LogP contribution in [0.1, 0.15) is 40.5 Å². The molecule has 2 unspecified atom stereocenters. The van der Waals surface area contributed by atoms with Gasteiger partial charge in [-0.3, -0.25) is 0 Å². The molecule has 0 saturated carbocycles. The van der Waals surface area contributed by atoms with Crippen LogP contribution >= 0.6 is 0 Å². The summed E-state index contributed by atoms with van der Waals surface area (Å²) in [7, 11) is 0. The predicted molar refractivity (Wildman–Crippen MR) is 101 cm³/mol. The van der Waals surface area contributed by atoms with Crippen LogP contribution in [0.4, 0.5) is 0 Å². The van der Waals surface area contributed by atoms with Crippen molar-refractivity contribution in [2.45, 2.75) is 24.7 Å². The molecule has 0 saturated heterocycles. The van der Waals surface area contributed by atoms with E-state index in [4.69, 9.17) is 0 Å². The first kappa shape index (κ1) is 12.8. The lowest BCUT2D eigenvalue weighted by Gasteiger charge is -2.24. The first-order chi connectivity index (χ1) is 11.9. The maximum absolute atomic E-state index is 2.48. The highest BCUT2D eigenvalue weighted by molar-refractivity contribution is 6.08. The molecule has 0 heteroatoms. The van der Waals surface area contributed by atoms with Gasteiger partial charge in [-0.25, -0.2) is 0 Å². The second-order valence-corrected chi connectivity index (χ2v) is 7.38. The molecular formula is C24H18. The summed E-state index contributed by atoms with van der Waals surface area (Å²) in [5.74, 6) is 1.32. The summed E-state index contributed by atoms with van der Waals surface area (Å²) in [6.45, 7) is 0. The second-order valence-electron chi connectivity index (χ2n) is 7.38. The highest BCUT2D eigenvalue weighted by Crippen LogP contribution is 2.52. The van der Waals surface area contributed by atoms with Crippen molar-refractivity contribution >= 4 is 21.5 Å². The van der Waals surface area contributed by atoms with Crippen molar-refractivity contribution < 1.29 is 0 Å². The number of hydrogen-bond donors (Lipinski definition) is 0. The first-order valence-electron chi connectivity index (χ1n) is 8.91. The standard InChI is InChI=1S/C24H18/c1-2-6-19-15(5-1)9-10-16-12-23-18(13-22(16)19)11-17-14-24(23)21-8-4-3-7-20(17)21/h1-10,12-13,17,24H,11,14H2. The van der Waals surface area contributed by atoms with Gasteiger partial charge in [-0.15, -0.1) is 0 Å². The van der Waals surface area contributed by atoms with Crippen LogP contribution in [0, 0.1) is 0 Å². The van der Waals surface area contributed by atoms with Crippen molar-refractivity contribution in [2.75, 3.05) is 0 Å². The summed E-state index contributed by atoms with van der Waals surface area (Å²) >= 11 is 0. The number of hydrogen-bond acceptors (Lipinski definition) is 0. The monoisotopic (exact) mass is 306 g/mol. The first-order valence-corrected chi connectivity index (χ1v) is 8.91. The van der Waals surface area contributed by atoms with Crippen molar-refractivity contribution in [1.29, 1.82) is 0 Å². The number of benzene rings is 4. The van der Waals surface area contributed by atoms with Crippen LogP contribution in [0.5, 0.6) is 0 Å². The Morgan fingerprint density at radius 3 is 2.38 bits per heavy atom. The molecular weight excluding hydrogens is 288 g/mol. The quantitative estimate of drug-likeness (QED) is 0.341. The molecule has 0 nitrogen and oxygen atoms in total. The zero-order chi connectivity index (χ0) is 15.7. The van der Waals surface area contributed by atoms with Gasteiger partial charge in [0.2, 0.25) is 0 Å². The minimum Gasteiger partial charge on any atom is -0.0620 e. The number of rotatable bonds is 0. The molecule has 0 aliphatic heterocycles. The van der Waals surface area contributed by atoms with E-state index in [2.05, 4.69) is 72.8 Å². The van der Waals surface area contributed by atoms with E-state index in [0.717, 1.165) is 0 Å². The Labute approximate surface area is 141 Å². The minimum absolute atomic E-state index is 0.603. The second kappa shape index (κ2) is 4.48. The predicted octanol–water partition coefficient (Wildman–Crippen LogP) is 6.17. The normalized spacial score (nSPS) is 21.0. The van der Waals surface area contributed by atoms with Gasteiger partial charge in [0.05, 0.1) is 0 Å². The molecule has 0 radical (unpaired) electrons. The van der Waals surface area contributed by atoms with Gasteiger partial charge in [0.15, 0.2) is 0 Å². The molecule has 0 aromatic heterocycles. The molecule has 0 N–H and O–H groups in total. The lowest BCUT2D eigenvalue weighted by molar-refractivity contribution is 0.594. The Morgan fingerprint density at radius 2 is 1.42 bits per heavy atom. The Kier molecular flexibility index (Phi) is 2.38. The summed E-state index contributed by atoms with van der Waals surface area (Å²) < 4.78 is 0. The van der Waals surface area contributed by atoms with Crippen LogP contribution in [-0.4, -0.2) is 0 Å². The number of fused-ring (bicyclic) bond motifs is 10. The van der Waals surface area contributed by atoms with Crippen LogP contribution in [0.2, 0.25) is 0 Å². The molecule has 2 atom stereocenters. The fraction of sp³-hybridized carbons (Fsp3) is 0.167. The third kappa shape index (κ3) is 1.58. The molecule has 24 heavy (non-hydrogen) atoms. The van der Waals surface area contributed by atoms with E-state index < -0.39 is 0 Å². The minimum atomic E-state index is 0.603. The van der Waals surface area contributed by atoms with Gasteiger partial charge in [0.1, 0.15) is 0 Å². The molecule has 4 aromatic carbocycles. The van der Waals surface area contributed by atoms with Gasteiger partial charge >= 0.3 is 0 Å². The SMILES string of the molecule is c1ccc2c(c1)C1Cc3cc4c(ccc5ccccc54)cc3C2C1. The van der Waals surface area contributed by atoms with Gasteiger partial charge < -0.3 is 0 Å². The van der Waals surface area contributed by atoms with E-state index in [0.29, 0.717) is 11.8 Å². The van der Waals surface area contributed by atoms with E-state index in [1.807, 2.05) is 0 Å². The van der Waals surface area contributed by atoms with Crippen LogP contribution in [0.3, 0.4) is 0 Å². The third-order valence-corrected chi connectivity index (χ3v) is 6.18. The Morgan fingerprint density at radius 1 is 0.625 bits per heavy atom. The molecule has 2 aliphatic carbocycles. The molecule has 0 spiro atoms. The van der Waals surface area contributed by atoms with E-state index in [1.165, 1.54) is 34.4 Å². The van der Waals surface area contributed by atoms with Crippen molar-refractivity contribution in [2.24, 2.45) is 0 Å².